The van der Waals surface area contributed by atoms with Crippen molar-refractivity contribution >= 4 is 11.8 Å². The Labute approximate surface area is 137 Å². The lowest BCUT2D eigenvalue weighted by Gasteiger charge is -2.25. The zero-order chi connectivity index (χ0) is 16.1. The molecule has 1 aromatic heterocycles. The van der Waals surface area contributed by atoms with Crippen molar-refractivity contribution in [3.8, 4) is 11.3 Å². The van der Waals surface area contributed by atoms with E-state index in [2.05, 4.69) is 10.1 Å². The second-order valence-corrected chi connectivity index (χ2v) is 6.54. The van der Waals surface area contributed by atoms with Crippen LogP contribution in [-0.4, -0.2) is 47.8 Å². The molecule has 0 N–H and O–H groups in total. The summed E-state index contributed by atoms with van der Waals surface area (Å²) < 4.78 is 36.9. The van der Waals surface area contributed by atoms with E-state index in [1.165, 1.54) is 17.6 Å². The summed E-state index contributed by atoms with van der Waals surface area (Å²) in [5, 5.41) is 3.87. The van der Waals surface area contributed by atoms with Gasteiger partial charge in [-0.15, -0.1) is 0 Å². The molecule has 0 saturated carbocycles. The van der Waals surface area contributed by atoms with Gasteiger partial charge in [-0.25, -0.2) is 8.78 Å². The van der Waals surface area contributed by atoms with Crippen LogP contribution >= 0.6 is 11.8 Å². The van der Waals surface area contributed by atoms with Gasteiger partial charge in [0.15, 0.2) is 17.4 Å². The maximum absolute atomic E-state index is 13.2. The van der Waals surface area contributed by atoms with E-state index in [0.29, 0.717) is 30.2 Å². The third-order valence-corrected chi connectivity index (χ3v) is 4.62. The van der Waals surface area contributed by atoms with Gasteiger partial charge in [-0.3, -0.25) is 4.90 Å². The largest absolute Gasteiger partial charge is 0.372 e. The fraction of sp³-hybridized carbons (Fsp3) is 0.438. The van der Waals surface area contributed by atoms with E-state index in [9.17, 15) is 8.78 Å². The third-order valence-electron chi connectivity index (χ3n) is 3.67. The second-order valence-electron chi connectivity index (χ2n) is 5.31. The summed E-state index contributed by atoms with van der Waals surface area (Å²) in [7, 11) is 0. The van der Waals surface area contributed by atoms with Gasteiger partial charge in [-0.05, 0) is 18.2 Å². The van der Waals surface area contributed by atoms with E-state index < -0.39 is 11.6 Å². The van der Waals surface area contributed by atoms with Crippen molar-refractivity contribution in [3.05, 3.63) is 41.7 Å². The van der Waals surface area contributed by atoms with Gasteiger partial charge in [0, 0.05) is 42.8 Å². The maximum atomic E-state index is 13.2. The van der Waals surface area contributed by atoms with Gasteiger partial charge in [-0.1, -0.05) is 5.16 Å². The zero-order valence-corrected chi connectivity index (χ0v) is 13.5. The molecule has 124 valence electrons. The minimum Gasteiger partial charge on any atom is -0.372 e. The normalized spacial score (nSPS) is 15.9. The Hall–Kier alpha value is -1.44. The number of benzene rings is 1. The molecule has 4 nitrogen and oxygen atoms in total. The topological polar surface area (TPSA) is 38.5 Å². The number of hydrogen-bond acceptors (Lipinski definition) is 5. The Balaban J connectivity index is 1.48. The van der Waals surface area contributed by atoms with Gasteiger partial charge < -0.3 is 9.26 Å². The summed E-state index contributed by atoms with van der Waals surface area (Å²) >= 11 is 1.98. The average Bonchev–Trinajstić information content (AvgIpc) is 3.04. The summed E-state index contributed by atoms with van der Waals surface area (Å²) in [5.41, 5.74) is 0.945. The van der Waals surface area contributed by atoms with Crippen LogP contribution in [0.25, 0.3) is 11.3 Å². The van der Waals surface area contributed by atoms with Crippen LogP contribution in [0.2, 0.25) is 0 Å². The highest BCUT2D eigenvalue weighted by molar-refractivity contribution is 7.99. The molecule has 1 saturated heterocycles. The molecule has 1 fully saturated rings. The van der Waals surface area contributed by atoms with Crippen LogP contribution in [-0.2, 0) is 11.3 Å². The first-order valence-corrected chi connectivity index (χ1v) is 8.67. The summed E-state index contributed by atoms with van der Waals surface area (Å²) in [6.45, 7) is 4.07. The molecule has 2 aromatic rings. The van der Waals surface area contributed by atoms with Crippen molar-refractivity contribution in [2.24, 2.45) is 0 Å². The van der Waals surface area contributed by atoms with Crippen LogP contribution < -0.4 is 0 Å². The molecule has 0 bridgehead atoms. The molecule has 2 heterocycles. The van der Waals surface area contributed by atoms with Crippen molar-refractivity contribution in [1.29, 1.82) is 0 Å². The molecule has 7 heteroatoms. The van der Waals surface area contributed by atoms with E-state index >= 15 is 0 Å². The molecular formula is C16H18F2N2O2S. The third kappa shape index (κ3) is 4.53. The summed E-state index contributed by atoms with van der Waals surface area (Å²) in [4.78, 5) is 2.38. The number of hydrogen-bond donors (Lipinski definition) is 0. The molecule has 23 heavy (non-hydrogen) atoms. The monoisotopic (exact) mass is 340 g/mol. The van der Waals surface area contributed by atoms with Crippen LogP contribution in [0.3, 0.4) is 0 Å². The smallest absolute Gasteiger partial charge is 0.163 e. The lowest BCUT2D eigenvalue weighted by Crippen LogP contribution is -2.35. The Morgan fingerprint density at radius 2 is 2.00 bits per heavy atom. The molecule has 0 aliphatic carbocycles. The van der Waals surface area contributed by atoms with Gasteiger partial charge in [0.25, 0.3) is 0 Å². The SMILES string of the molecule is Fc1ccc(-c2cc(COCCN3CCSCC3)on2)cc1F. The first kappa shape index (κ1) is 16.4. The Kier molecular flexibility index (Phi) is 5.64. The summed E-state index contributed by atoms with van der Waals surface area (Å²) in [6, 6.07) is 5.33. The van der Waals surface area contributed by atoms with Gasteiger partial charge in [0.1, 0.15) is 12.3 Å². The van der Waals surface area contributed by atoms with E-state index in [4.69, 9.17) is 9.26 Å². The maximum Gasteiger partial charge on any atom is 0.163 e. The van der Waals surface area contributed by atoms with Crippen LogP contribution in [0.5, 0.6) is 0 Å². The van der Waals surface area contributed by atoms with Gasteiger partial charge >= 0.3 is 0 Å². The molecule has 0 spiro atoms. The highest BCUT2D eigenvalue weighted by Gasteiger charge is 2.11. The molecule has 1 aromatic carbocycles. The number of aromatic nitrogens is 1. The van der Waals surface area contributed by atoms with Crippen LogP contribution in [0, 0.1) is 11.6 Å². The Morgan fingerprint density at radius 3 is 2.78 bits per heavy atom. The van der Waals surface area contributed by atoms with Crippen molar-refractivity contribution in [2.45, 2.75) is 6.61 Å². The fourth-order valence-electron chi connectivity index (χ4n) is 2.36. The fourth-order valence-corrected chi connectivity index (χ4v) is 3.34. The lowest BCUT2D eigenvalue weighted by atomic mass is 10.1. The van der Waals surface area contributed by atoms with Gasteiger partial charge in [0.2, 0.25) is 0 Å². The molecule has 3 rings (SSSR count). The molecule has 0 amide bonds. The van der Waals surface area contributed by atoms with Crippen molar-refractivity contribution in [2.75, 3.05) is 37.7 Å². The van der Waals surface area contributed by atoms with Gasteiger partial charge in [0.05, 0.1) is 6.61 Å². The van der Waals surface area contributed by atoms with Crippen LogP contribution in [0.4, 0.5) is 8.78 Å². The minimum absolute atomic E-state index is 0.319. The van der Waals surface area contributed by atoms with Crippen molar-refractivity contribution < 1.29 is 18.0 Å². The van der Waals surface area contributed by atoms with E-state index in [1.807, 2.05) is 11.8 Å². The molecule has 1 aliphatic rings. The van der Waals surface area contributed by atoms with Crippen LogP contribution in [0.1, 0.15) is 5.76 Å². The first-order valence-electron chi connectivity index (χ1n) is 7.51. The molecule has 0 radical (unpaired) electrons. The summed E-state index contributed by atoms with van der Waals surface area (Å²) in [6.07, 6.45) is 0. The molecular weight excluding hydrogens is 322 g/mol. The van der Waals surface area contributed by atoms with E-state index in [0.717, 1.165) is 31.8 Å². The van der Waals surface area contributed by atoms with E-state index in [-0.39, 0.29) is 0 Å². The number of thioether (sulfide) groups is 1. The predicted molar refractivity (Wildman–Crippen MR) is 85.3 cm³/mol. The quantitative estimate of drug-likeness (QED) is 0.755. The van der Waals surface area contributed by atoms with Crippen molar-refractivity contribution in [3.63, 3.8) is 0 Å². The highest BCUT2D eigenvalue weighted by Crippen LogP contribution is 2.21. The highest BCUT2D eigenvalue weighted by atomic mass is 32.2. The molecule has 0 unspecified atom stereocenters. The molecule has 1 aliphatic heterocycles. The number of ether oxygens (including phenoxy) is 1. The Morgan fingerprint density at radius 1 is 1.17 bits per heavy atom. The number of nitrogens with zero attached hydrogens (tertiary/aromatic N) is 2. The Bertz CT molecular complexity index is 645. The number of rotatable bonds is 6. The first-order chi connectivity index (χ1) is 11.2. The predicted octanol–water partition coefficient (Wildman–Crippen LogP) is 3.19. The zero-order valence-electron chi connectivity index (χ0n) is 12.6. The minimum atomic E-state index is -0.900. The van der Waals surface area contributed by atoms with Gasteiger partial charge in [-0.2, -0.15) is 11.8 Å². The second kappa shape index (κ2) is 7.90. The van der Waals surface area contributed by atoms with Crippen molar-refractivity contribution in [1.82, 2.24) is 10.1 Å². The summed E-state index contributed by atoms with van der Waals surface area (Å²) in [5.74, 6) is 1.15. The van der Waals surface area contributed by atoms with Crippen LogP contribution in [0.15, 0.2) is 28.8 Å². The standard InChI is InChI=1S/C16H18F2N2O2S/c17-14-2-1-12(9-15(14)18)16-10-13(22-19-16)11-21-6-3-20-4-7-23-8-5-20/h1-2,9-10H,3-8,11H2. The molecule has 0 atom stereocenters. The van der Waals surface area contributed by atoms with E-state index in [1.54, 1.807) is 6.07 Å². The number of halogens is 2. The average molecular weight is 340 g/mol. The lowest BCUT2D eigenvalue weighted by molar-refractivity contribution is 0.0807.